The van der Waals surface area contributed by atoms with Crippen LogP contribution < -0.4 is 10.6 Å². The molecule has 0 bridgehead atoms. The first-order chi connectivity index (χ1) is 11.6. The van der Waals surface area contributed by atoms with Crippen LogP contribution in [0.15, 0.2) is 28.8 Å². The van der Waals surface area contributed by atoms with E-state index in [0.29, 0.717) is 12.4 Å². The van der Waals surface area contributed by atoms with Crippen LogP contribution in [0.5, 0.6) is 0 Å². The lowest BCUT2D eigenvalue weighted by Crippen LogP contribution is -2.22. The van der Waals surface area contributed by atoms with E-state index in [-0.39, 0.29) is 6.04 Å². The summed E-state index contributed by atoms with van der Waals surface area (Å²) in [4.78, 5) is 15.5. The minimum absolute atomic E-state index is 0.0769. The number of ether oxygens (including phenoxy) is 1. The maximum Gasteiger partial charge on any atom is 0.407 e. The summed E-state index contributed by atoms with van der Waals surface area (Å²) in [6, 6.07) is 7.68. The molecule has 7 nitrogen and oxygen atoms in total. The summed E-state index contributed by atoms with van der Waals surface area (Å²) in [7, 11) is 1.34. The zero-order valence-electron chi connectivity index (χ0n) is 14.3. The van der Waals surface area contributed by atoms with Crippen LogP contribution in [-0.4, -0.2) is 23.3 Å². The highest BCUT2D eigenvalue weighted by molar-refractivity contribution is 5.66. The quantitative estimate of drug-likeness (QED) is 0.769. The minimum atomic E-state index is -0.443. The lowest BCUT2D eigenvalue weighted by Gasteiger charge is -2.12. The van der Waals surface area contributed by atoms with Crippen molar-refractivity contribution in [2.24, 2.45) is 0 Å². The second-order valence-corrected chi connectivity index (χ2v) is 5.56. The van der Waals surface area contributed by atoms with Crippen LogP contribution in [0.25, 0.3) is 0 Å². The molecule has 7 heteroatoms. The number of methoxy groups -OCH3 is 1. The Kier molecular flexibility index (Phi) is 6.60. The highest BCUT2D eigenvalue weighted by atomic mass is 16.5. The average Bonchev–Trinajstić information content (AvgIpc) is 3.08. The predicted octanol–water partition coefficient (Wildman–Crippen LogP) is 3.44. The van der Waals surface area contributed by atoms with E-state index < -0.39 is 6.09 Å². The number of hydrogen-bond acceptors (Lipinski definition) is 6. The molecule has 1 aromatic heterocycles. The molecule has 0 fully saturated rings. The molecule has 2 N–H and O–H groups in total. The van der Waals surface area contributed by atoms with Crippen molar-refractivity contribution in [3.8, 4) is 0 Å². The Morgan fingerprint density at radius 3 is 2.75 bits per heavy atom. The van der Waals surface area contributed by atoms with Gasteiger partial charge in [0.25, 0.3) is 0 Å². The molecule has 0 spiro atoms. The van der Waals surface area contributed by atoms with Gasteiger partial charge in [-0.15, -0.1) is 0 Å². The molecule has 0 aliphatic rings. The number of unbranched alkanes of at least 4 members (excludes halogenated alkanes) is 1. The van der Waals surface area contributed by atoms with Crippen molar-refractivity contribution in [1.82, 2.24) is 15.5 Å². The Hall–Kier alpha value is -2.57. The van der Waals surface area contributed by atoms with Crippen LogP contribution in [0.4, 0.5) is 10.5 Å². The van der Waals surface area contributed by atoms with E-state index in [9.17, 15) is 4.79 Å². The molecule has 0 aliphatic carbocycles. The topological polar surface area (TPSA) is 89.3 Å². The number of amides is 1. The molecule has 1 heterocycles. The molecule has 0 saturated heterocycles. The number of hydrogen-bond donors (Lipinski definition) is 2. The van der Waals surface area contributed by atoms with Crippen LogP contribution in [-0.2, 0) is 17.7 Å². The number of rotatable bonds is 8. The number of anilines is 1. The van der Waals surface area contributed by atoms with Gasteiger partial charge in [-0.1, -0.05) is 30.6 Å². The van der Waals surface area contributed by atoms with Crippen LogP contribution in [0.1, 0.15) is 50.0 Å². The zero-order chi connectivity index (χ0) is 17.4. The minimum Gasteiger partial charge on any atom is -0.453 e. The van der Waals surface area contributed by atoms with Gasteiger partial charge in [-0.05, 0) is 31.0 Å². The summed E-state index contributed by atoms with van der Waals surface area (Å²) in [5.41, 5.74) is 1.93. The molecule has 130 valence electrons. The van der Waals surface area contributed by atoms with E-state index in [1.807, 2.05) is 31.2 Å². The Morgan fingerprint density at radius 1 is 1.33 bits per heavy atom. The molecule has 0 radical (unpaired) electrons. The van der Waals surface area contributed by atoms with Gasteiger partial charge in [0.15, 0.2) is 5.82 Å². The fraction of sp³-hybridized carbons (Fsp3) is 0.471. The van der Waals surface area contributed by atoms with Crippen LogP contribution in [0.2, 0.25) is 0 Å². The van der Waals surface area contributed by atoms with E-state index in [2.05, 4.69) is 32.4 Å². The lowest BCUT2D eigenvalue weighted by molar-refractivity contribution is 0.170. The number of nitrogens with one attached hydrogen (secondary N) is 2. The SMILES string of the molecule is CCCCc1noc([C@H](C)Nc2ccc(CNC(=O)OC)cc2)n1. The summed E-state index contributed by atoms with van der Waals surface area (Å²) in [5.74, 6) is 1.34. The first kappa shape index (κ1) is 17.8. The Bertz CT molecular complexity index is 640. The number of aromatic nitrogens is 2. The van der Waals surface area contributed by atoms with Gasteiger partial charge in [-0.25, -0.2) is 4.79 Å². The Balaban J connectivity index is 1.88. The number of carbonyl (C=O) groups is 1. The standard InChI is InChI=1S/C17H24N4O3/c1-4-5-6-15-20-16(24-21-15)12(2)19-14-9-7-13(8-10-14)11-18-17(22)23-3/h7-10,12,19H,4-6,11H2,1-3H3,(H,18,22)/t12-/m0/s1. The van der Waals surface area contributed by atoms with Crippen molar-refractivity contribution in [1.29, 1.82) is 0 Å². The van der Waals surface area contributed by atoms with Crippen LogP contribution in [0, 0.1) is 0 Å². The fourth-order valence-corrected chi connectivity index (χ4v) is 2.16. The van der Waals surface area contributed by atoms with E-state index >= 15 is 0 Å². The molecular formula is C17H24N4O3. The fourth-order valence-electron chi connectivity index (χ4n) is 2.16. The molecular weight excluding hydrogens is 308 g/mol. The highest BCUT2D eigenvalue weighted by Crippen LogP contribution is 2.18. The highest BCUT2D eigenvalue weighted by Gasteiger charge is 2.14. The first-order valence-electron chi connectivity index (χ1n) is 8.12. The number of benzene rings is 1. The normalized spacial score (nSPS) is 11.8. The van der Waals surface area contributed by atoms with E-state index in [4.69, 9.17) is 4.52 Å². The van der Waals surface area contributed by atoms with Gasteiger partial charge in [0, 0.05) is 18.7 Å². The van der Waals surface area contributed by atoms with Crippen molar-refractivity contribution >= 4 is 11.8 Å². The molecule has 0 unspecified atom stereocenters. The van der Waals surface area contributed by atoms with Crippen molar-refractivity contribution in [2.45, 2.75) is 45.7 Å². The summed E-state index contributed by atoms with van der Waals surface area (Å²) in [6.07, 6.45) is 2.56. The monoisotopic (exact) mass is 332 g/mol. The number of nitrogens with zero attached hydrogens (tertiary/aromatic N) is 2. The molecule has 0 aliphatic heterocycles. The van der Waals surface area contributed by atoms with Crippen molar-refractivity contribution in [3.63, 3.8) is 0 Å². The summed E-state index contributed by atoms with van der Waals surface area (Å²) < 4.78 is 9.85. The molecule has 1 atom stereocenters. The summed E-state index contributed by atoms with van der Waals surface area (Å²) in [5, 5.41) is 9.96. The second-order valence-electron chi connectivity index (χ2n) is 5.56. The average molecular weight is 332 g/mol. The van der Waals surface area contributed by atoms with Gasteiger partial charge in [-0.3, -0.25) is 0 Å². The second kappa shape index (κ2) is 8.90. The van der Waals surface area contributed by atoms with Crippen molar-refractivity contribution in [2.75, 3.05) is 12.4 Å². The summed E-state index contributed by atoms with van der Waals surface area (Å²) >= 11 is 0. The van der Waals surface area contributed by atoms with Gasteiger partial charge in [-0.2, -0.15) is 4.98 Å². The third kappa shape index (κ3) is 5.26. The maximum atomic E-state index is 11.1. The summed E-state index contributed by atoms with van der Waals surface area (Å²) in [6.45, 7) is 4.53. The van der Waals surface area contributed by atoms with Gasteiger partial charge in [0.1, 0.15) is 6.04 Å². The smallest absolute Gasteiger partial charge is 0.407 e. The molecule has 1 aromatic carbocycles. The van der Waals surface area contributed by atoms with Gasteiger partial charge >= 0.3 is 6.09 Å². The van der Waals surface area contributed by atoms with Gasteiger partial charge < -0.3 is 19.9 Å². The van der Waals surface area contributed by atoms with Crippen LogP contribution >= 0.6 is 0 Å². The molecule has 24 heavy (non-hydrogen) atoms. The predicted molar refractivity (Wildman–Crippen MR) is 90.6 cm³/mol. The van der Waals surface area contributed by atoms with E-state index in [1.54, 1.807) is 0 Å². The molecule has 2 rings (SSSR count). The van der Waals surface area contributed by atoms with E-state index in [1.165, 1.54) is 7.11 Å². The van der Waals surface area contributed by atoms with Gasteiger partial charge in [0.05, 0.1) is 7.11 Å². The molecule has 2 aromatic rings. The van der Waals surface area contributed by atoms with E-state index in [0.717, 1.165) is 36.3 Å². The Morgan fingerprint density at radius 2 is 2.08 bits per heavy atom. The maximum absolute atomic E-state index is 11.1. The van der Waals surface area contributed by atoms with Crippen molar-refractivity contribution in [3.05, 3.63) is 41.5 Å². The molecule has 0 saturated carbocycles. The van der Waals surface area contributed by atoms with Crippen molar-refractivity contribution < 1.29 is 14.1 Å². The zero-order valence-corrected chi connectivity index (χ0v) is 14.3. The number of alkyl carbamates (subject to hydrolysis) is 1. The third-order valence-corrected chi connectivity index (χ3v) is 3.57. The van der Waals surface area contributed by atoms with Gasteiger partial charge in [0.2, 0.25) is 5.89 Å². The Labute approximate surface area is 141 Å². The third-order valence-electron chi connectivity index (χ3n) is 3.57. The first-order valence-corrected chi connectivity index (χ1v) is 8.12. The largest absolute Gasteiger partial charge is 0.453 e. The molecule has 1 amide bonds. The number of carbonyl (C=O) groups excluding carboxylic acids is 1. The number of aryl methyl sites for hydroxylation is 1. The van der Waals surface area contributed by atoms with Crippen LogP contribution in [0.3, 0.4) is 0 Å². The lowest BCUT2D eigenvalue weighted by atomic mass is 10.2.